The Kier molecular flexibility index (Phi) is 3.38. The molecular weight excluding hydrogens is 324 g/mol. The number of fused-ring (bicyclic) bond motifs is 1. The number of nitrogens with zero attached hydrogens (tertiary/aromatic N) is 4. The van der Waals surface area contributed by atoms with Crippen molar-refractivity contribution in [1.29, 1.82) is 0 Å². The van der Waals surface area contributed by atoms with E-state index in [1.807, 2.05) is 0 Å². The minimum atomic E-state index is -0.624. The molecule has 0 aliphatic rings. The third-order valence-corrected chi connectivity index (χ3v) is 4.47. The number of nitrogens with one attached hydrogen (secondary N) is 1. The molecule has 3 heterocycles. The summed E-state index contributed by atoms with van der Waals surface area (Å²) in [4.78, 5) is 11.2. The SMILES string of the molecule is Cc1nn(C)c(C)c1-c1c(F)ccc(-c2ccnc3nc[nH]c23)c1F. The van der Waals surface area contributed by atoms with Crippen LogP contribution in [0.2, 0.25) is 0 Å². The number of hydrogen-bond donors (Lipinski definition) is 1. The van der Waals surface area contributed by atoms with Crippen molar-refractivity contribution in [2.45, 2.75) is 13.8 Å². The Bertz CT molecular complexity index is 1110. The topological polar surface area (TPSA) is 59.4 Å². The van der Waals surface area contributed by atoms with Gasteiger partial charge in [-0.05, 0) is 32.0 Å². The zero-order valence-corrected chi connectivity index (χ0v) is 13.9. The van der Waals surface area contributed by atoms with E-state index >= 15 is 4.39 Å². The summed E-state index contributed by atoms with van der Waals surface area (Å²) in [5.74, 6) is -1.24. The fourth-order valence-electron chi connectivity index (χ4n) is 3.20. The zero-order valence-electron chi connectivity index (χ0n) is 13.9. The summed E-state index contributed by atoms with van der Waals surface area (Å²) in [6.45, 7) is 3.54. The normalized spacial score (nSPS) is 11.4. The molecular formula is C18H15F2N5. The maximum Gasteiger partial charge on any atom is 0.178 e. The predicted molar refractivity (Wildman–Crippen MR) is 90.9 cm³/mol. The highest BCUT2D eigenvalue weighted by Gasteiger charge is 2.23. The molecule has 0 aliphatic heterocycles. The summed E-state index contributed by atoms with van der Waals surface area (Å²) in [5.41, 5.74) is 3.66. The molecule has 0 aliphatic carbocycles. The fourth-order valence-corrected chi connectivity index (χ4v) is 3.20. The molecule has 0 unspecified atom stereocenters. The Morgan fingerprint density at radius 3 is 2.52 bits per heavy atom. The van der Waals surface area contributed by atoms with Crippen molar-refractivity contribution in [2.24, 2.45) is 7.05 Å². The second-order valence-electron chi connectivity index (χ2n) is 5.91. The number of aryl methyl sites for hydroxylation is 2. The molecule has 5 nitrogen and oxygen atoms in total. The van der Waals surface area contributed by atoms with E-state index < -0.39 is 11.6 Å². The summed E-state index contributed by atoms with van der Waals surface area (Å²) in [5, 5.41) is 4.27. The number of pyridine rings is 1. The summed E-state index contributed by atoms with van der Waals surface area (Å²) in [7, 11) is 1.75. The van der Waals surface area contributed by atoms with E-state index in [0.29, 0.717) is 33.7 Å². The lowest BCUT2D eigenvalue weighted by atomic mass is 9.96. The molecule has 0 spiro atoms. The van der Waals surface area contributed by atoms with Crippen LogP contribution in [-0.2, 0) is 7.05 Å². The Morgan fingerprint density at radius 2 is 1.80 bits per heavy atom. The van der Waals surface area contributed by atoms with E-state index in [0.717, 1.165) is 0 Å². The lowest BCUT2D eigenvalue weighted by Gasteiger charge is -2.11. The van der Waals surface area contributed by atoms with Gasteiger partial charge in [-0.3, -0.25) is 4.68 Å². The lowest BCUT2D eigenvalue weighted by molar-refractivity contribution is 0.591. The van der Waals surface area contributed by atoms with Crippen LogP contribution in [0.1, 0.15) is 11.4 Å². The van der Waals surface area contributed by atoms with Gasteiger partial charge in [0.05, 0.1) is 23.1 Å². The van der Waals surface area contributed by atoms with Crippen LogP contribution in [0.3, 0.4) is 0 Å². The van der Waals surface area contributed by atoms with Gasteiger partial charge >= 0.3 is 0 Å². The van der Waals surface area contributed by atoms with E-state index in [1.165, 1.54) is 18.5 Å². The Hall–Kier alpha value is -3.09. The van der Waals surface area contributed by atoms with Crippen LogP contribution < -0.4 is 0 Å². The standard InChI is InChI=1S/C18H15F2N5/c1-9-14(10(2)25(3)24-9)15-13(19)5-4-11(16(15)20)12-6-7-21-18-17(12)22-8-23-18/h4-8H,1-3H3,(H,21,22,23). The molecule has 1 aromatic carbocycles. The Balaban J connectivity index is 2.03. The molecule has 3 aromatic heterocycles. The number of rotatable bonds is 2. The van der Waals surface area contributed by atoms with Crippen LogP contribution in [0.4, 0.5) is 8.78 Å². The van der Waals surface area contributed by atoms with Crippen molar-refractivity contribution >= 4 is 11.2 Å². The maximum atomic E-state index is 15.4. The van der Waals surface area contributed by atoms with Crippen molar-refractivity contribution in [3.8, 4) is 22.3 Å². The molecule has 126 valence electrons. The zero-order chi connectivity index (χ0) is 17.7. The van der Waals surface area contributed by atoms with Gasteiger partial charge in [-0.2, -0.15) is 5.10 Å². The van der Waals surface area contributed by atoms with Crippen molar-refractivity contribution in [3.63, 3.8) is 0 Å². The average Bonchev–Trinajstić information content (AvgIpc) is 3.15. The van der Waals surface area contributed by atoms with Gasteiger partial charge in [-0.25, -0.2) is 18.7 Å². The van der Waals surface area contributed by atoms with Crippen molar-refractivity contribution in [2.75, 3.05) is 0 Å². The number of H-pyrrole nitrogens is 1. The van der Waals surface area contributed by atoms with Gasteiger partial charge in [0.15, 0.2) is 5.65 Å². The highest BCUT2D eigenvalue weighted by molar-refractivity contribution is 5.91. The minimum Gasteiger partial charge on any atom is -0.343 e. The third kappa shape index (κ3) is 2.23. The van der Waals surface area contributed by atoms with E-state index in [9.17, 15) is 4.39 Å². The van der Waals surface area contributed by atoms with Gasteiger partial charge in [0.25, 0.3) is 0 Å². The van der Waals surface area contributed by atoms with Crippen molar-refractivity contribution in [1.82, 2.24) is 24.7 Å². The van der Waals surface area contributed by atoms with Gasteiger partial charge in [-0.15, -0.1) is 0 Å². The summed E-state index contributed by atoms with van der Waals surface area (Å²) >= 11 is 0. The molecule has 4 rings (SSSR count). The van der Waals surface area contributed by atoms with Crippen LogP contribution in [0.15, 0.2) is 30.7 Å². The molecule has 0 saturated carbocycles. The monoisotopic (exact) mass is 339 g/mol. The number of aromatic amines is 1. The second kappa shape index (κ2) is 5.47. The molecule has 0 fully saturated rings. The van der Waals surface area contributed by atoms with Crippen LogP contribution in [-0.4, -0.2) is 24.7 Å². The lowest BCUT2D eigenvalue weighted by Crippen LogP contribution is -1.98. The molecule has 4 aromatic rings. The molecule has 0 bridgehead atoms. The van der Waals surface area contributed by atoms with Gasteiger partial charge in [0.2, 0.25) is 0 Å². The first kappa shape index (κ1) is 15.4. The average molecular weight is 339 g/mol. The van der Waals surface area contributed by atoms with Crippen molar-refractivity contribution in [3.05, 3.63) is 53.7 Å². The van der Waals surface area contributed by atoms with Gasteiger partial charge < -0.3 is 4.98 Å². The molecule has 0 radical (unpaired) electrons. The minimum absolute atomic E-state index is 0.0647. The highest BCUT2D eigenvalue weighted by Crippen LogP contribution is 2.37. The Morgan fingerprint density at radius 1 is 1.00 bits per heavy atom. The number of halogens is 2. The molecule has 25 heavy (non-hydrogen) atoms. The highest BCUT2D eigenvalue weighted by atomic mass is 19.1. The summed E-state index contributed by atoms with van der Waals surface area (Å²) < 4.78 is 31.5. The summed E-state index contributed by atoms with van der Waals surface area (Å²) in [6, 6.07) is 4.40. The predicted octanol–water partition coefficient (Wildman–Crippen LogP) is 3.92. The number of benzene rings is 1. The van der Waals surface area contributed by atoms with Gasteiger partial charge in [0.1, 0.15) is 11.6 Å². The number of hydrogen-bond acceptors (Lipinski definition) is 3. The van der Waals surface area contributed by atoms with Gasteiger partial charge in [0, 0.05) is 35.6 Å². The smallest absolute Gasteiger partial charge is 0.178 e. The quantitative estimate of drug-likeness (QED) is 0.602. The Labute approximate surface area is 142 Å². The van der Waals surface area contributed by atoms with E-state index in [4.69, 9.17) is 0 Å². The molecule has 0 saturated heterocycles. The second-order valence-corrected chi connectivity index (χ2v) is 5.91. The molecule has 7 heteroatoms. The van der Waals surface area contributed by atoms with Crippen LogP contribution in [0, 0.1) is 25.5 Å². The maximum absolute atomic E-state index is 15.4. The first-order valence-electron chi connectivity index (χ1n) is 7.76. The number of imidazole rings is 1. The summed E-state index contributed by atoms with van der Waals surface area (Å²) in [6.07, 6.45) is 3.06. The van der Waals surface area contributed by atoms with Crippen LogP contribution in [0.5, 0.6) is 0 Å². The molecule has 1 N–H and O–H groups in total. The van der Waals surface area contributed by atoms with Gasteiger partial charge in [-0.1, -0.05) is 0 Å². The molecule has 0 amide bonds. The van der Waals surface area contributed by atoms with E-state index in [2.05, 4.69) is 20.1 Å². The fraction of sp³-hybridized carbons (Fsp3) is 0.167. The number of aromatic nitrogens is 5. The molecule has 0 atom stereocenters. The van der Waals surface area contributed by atoms with Crippen molar-refractivity contribution < 1.29 is 8.78 Å². The van der Waals surface area contributed by atoms with E-state index in [1.54, 1.807) is 37.8 Å². The third-order valence-electron chi connectivity index (χ3n) is 4.47. The van der Waals surface area contributed by atoms with Crippen LogP contribution >= 0.6 is 0 Å². The first-order chi connectivity index (χ1) is 12.0. The van der Waals surface area contributed by atoms with E-state index in [-0.39, 0.29) is 11.1 Å². The van der Waals surface area contributed by atoms with Crippen LogP contribution in [0.25, 0.3) is 33.4 Å². The largest absolute Gasteiger partial charge is 0.343 e. The first-order valence-corrected chi connectivity index (χ1v) is 7.76.